The molecule has 0 saturated heterocycles. The first-order chi connectivity index (χ1) is 6.86. The molecule has 0 atom stereocenters. The van der Waals surface area contributed by atoms with Crippen molar-refractivity contribution in [2.45, 2.75) is 33.1 Å². The zero-order chi connectivity index (χ0) is 11.6. The monoisotopic (exact) mass is 209 g/mol. The molecule has 0 amide bonds. The van der Waals surface area contributed by atoms with Crippen LogP contribution < -0.4 is 0 Å². The summed E-state index contributed by atoms with van der Waals surface area (Å²) in [5.41, 5.74) is 1.29. The van der Waals surface area contributed by atoms with E-state index in [1.807, 2.05) is 26.8 Å². The van der Waals surface area contributed by atoms with Gasteiger partial charge >= 0.3 is 0 Å². The molecule has 0 saturated carbocycles. The van der Waals surface area contributed by atoms with Crippen molar-refractivity contribution >= 4 is 0 Å². The van der Waals surface area contributed by atoms with Crippen LogP contribution in [0.2, 0.25) is 0 Å². The van der Waals surface area contributed by atoms with Gasteiger partial charge in [-0.1, -0.05) is 39.8 Å². The molecule has 1 aromatic rings. The predicted octanol–water partition coefficient (Wildman–Crippen LogP) is 3.06. The third kappa shape index (κ3) is 2.78. The van der Waals surface area contributed by atoms with E-state index in [1.165, 1.54) is 6.07 Å². The fraction of sp³-hybridized carbons (Fsp3) is 0.462. The molecule has 1 nitrogen and oxygen atoms in total. The Labute approximate surface area is 90.9 Å². The fourth-order valence-electron chi connectivity index (χ4n) is 1.48. The number of benzene rings is 1. The van der Waals surface area contributed by atoms with Crippen molar-refractivity contribution in [2.24, 2.45) is 0 Å². The van der Waals surface area contributed by atoms with Crippen LogP contribution in [0, 0.1) is 11.7 Å². The van der Waals surface area contributed by atoms with Crippen LogP contribution in [0.1, 0.15) is 38.8 Å². The number of aliphatic hydroxyl groups excluding tert-OH is 1. The molecule has 0 spiro atoms. The van der Waals surface area contributed by atoms with Crippen LogP contribution in [-0.2, 0) is 5.41 Å². The quantitative estimate of drug-likeness (QED) is 0.793. The summed E-state index contributed by atoms with van der Waals surface area (Å²) in [6.07, 6.45) is 0. The third-order valence-electron chi connectivity index (χ3n) is 2.51. The summed E-state index contributed by atoms with van der Waals surface area (Å²) in [4.78, 5) is 0. The van der Waals surface area contributed by atoms with Gasteiger partial charge in [0.2, 0.25) is 0 Å². The number of rotatable bonds is 2. The third-order valence-corrected chi connectivity index (χ3v) is 2.51. The second kappa shape index (κ2) is 4.31. The molecular formula is C13H18FO. The minimum atomic E-state index is -0.201. The van der Waals surface area contributed by atoms with Gasteiger partial charge in [-0.3, -0.25) is 0 Å². The molecule has 0 aliphatic carbocycles. The molecule has 0 heterocycles. The van der Waals surface area contributed by atoms with Crippen LogP contribution in [0.25, 0.3) is 0 Å². The Balaban J connectivity index is 3.09. The van der Waals surface area contributed by atoms with Crippen LogP contribution in [0.3, 0.4) is 0 Å². The highest BCUT2D eigenvalue weighted by Crippen LogP contribution is 2.27. The lowest BCUT2D eigenvalue weighted by Gasteiger charge is -2.20. The highest BCUT2D eigenvalue weighted by atomic mass is 19.1. The number of hydrogen-bond acceptors (Lipinski definition) is 1. The molecule has 0 aliphatic heterocycles. The predicted molar refractivity (Wildman–Crippen MR) is 60.2 cm³/mol. The Bertz CT molecular complexity index is 339. The van der Waals surface area contributed by atoms with Gasteiger partial charge < -0.3 is 5.11 Å². The summed E-state index contributed by atoms with van der Waals surface area (Å²) < 4.78 is 13.7. The van der Waals surface area contributed by atoms with E-state index in [0.29, 0.717) is 5.56 Å². The summed E-state index contributed by atoms with van der Waals surface area (Å²) in [6.45, 7) is 7.70. The van der Waals surface area contributed by atoms with E-state index in [0.717, 1.165) is 11.5 Å². The molecule has 0 fully saturated rings. The van der Waals surface area contributed by atoms with Crippen LogP contribution in [-0.4, -0.2) is 11.7 Å². The Morgan fingerprint density at radius 1 is 1.33 bits per heavy atom. The summed E-state index contributed by atoms with van der Waals surface area (Å²) in [5, 5.41) is 8.95. The van der Waals surface area contributed by atoms with Gasteiger partial charge in [-0.05, 0) is 22.6 Å². The lowest BCUT2D eigenvalue weighted by Crippen LogP contribution is -2.14. The average Bonchev–Trinajstić information content (AvgIpc) is 2.14. The summed E-state index contributed by atoms with van der Waals surface area (Å²) >= 11 is 0. The van der Waals surface area contributed by atoms with Gasteiger partial charge in [-0.15, -0.1) is 0 Å². The highest BCUT2D eigenvalue weighted by Gasteiger charge is 2.19. The van der Waals surface area contributed by atoms with E-state index in [9.17, 15) is 4.39 Å². The average molecular weight is 209 g/mol. The molecule has 1 N–H and O–H groups in total. The van der Waals surface area contributed by atoms with Crippen LogP contribution in [0.15, 0.2) is 18.2 Å². The maximum atomic E-state index is 13.7. The van der Waals surface area contributed by atoms with Gasteiger partial charge in [-0.2, -0.15) is 0 Å². The lowest BCUT2D eigenvalue weighted by molar-refractivity contribution is 0.314. The van der Waals surface area contributed by atoms with E-state index in [4.69, 9.17) is 5.11 Å². The molecule has 0 unspecified atom stereocenters. The molecule has 1 radical (unpaired) electrons. The van der Waals surface area contributed by atoms with Gasteiger partial charge in [0.15, 0.2) is 0 Å². The summed E-state index contributed by atoms with van der Waals surface area (Å²) in [5.74, 6) is 0.585. The Morgan fingerprint density at radius 3 is 2.33 bits per heavy atom. The SMILES string of the molecule is C[C](CO)c1ccc(C(C)(C)C)c(F)c1. The second-order valence-corrected chi connectivity index (χ2v) is 4.88. The summed E-state index contributed by atoms with van der Waals surface area (Å²) in [6, 6.07) is 5.14. The number of aliphatic hydroxyl groups is 1. The second-order valence-electron chi connectivity index (χ2n) is 4.88. The Morgan fingerprint density at radius 2 is 1.93 bits per heavy atom. The van der Waals surface area contributed by atoms with Crippen LogP contribution >= 0.6 is 0 Å². The molecule has 1 rings (SSSR count). The fourth-order valence-corrected chi connectivity index (χ4v) is 1.48. The zero-order valence-corrected chi connectivity index (χ0v) is 9.76. The van der Waals surface area contributed by atoms with E-state index in [1.54, 1.807) is 13.0 Å². The highest BCUT2D eigenvalue weighted by molar-refractivity contribution is 5.36. The van der Waals surface area contributed by atoms with Gasteiger partial charge in [0, 0.05) is 5.92 Å². The molecule has 0 aromatic heterocycles. The van der Waals surface area contributed by atoms with Crippen molar-refractivity contribution in [3.63, 3.8) is 0 Å². The largest absolute Gasteiger partial charge is 0.395 e. The maximum Gasteiger partial charge on any atom is 0.127 e. The first-order valence-corrected chi connectivity index (χ1v) is 5.10. The smallest absolute Gasteiger partial charge is 0.127 e. The summed E-state index contributed by atoms with van der Waals surface area (Å²) in [7, 11) is 0. The number of hydrogen-bond donors (Lipinski definition) is 1. The minimum absolute atomic E-state index is 0.0334. The zero-order valence-electron chi connectivity index (χ0n) is 9.76. The first-order valence-electron chi connectivity index (χ1n) is 5.10. The van der Waals surface area contributed by atoms with Crippen molar-refractivity contribution in [1.82, 2.24) is 0 Å². The van der Waals surface area contributed by atoms with Crippen LogP contribution in [0.4, 0.5) is 4.39 Å². The van der Waals surface area contributed by atoms with Gasteiger partial charge in [-0.25, -0.2) is 4.39 Å². The van der Waals surface area contributed by atoms with E-state index < -0.39 is 0 Å². The Hall–Kier alpha value is -0.890. The normalized spacial score (nSPS) is 12.2. The first kappa shape index (κ1) is 12.2. The molecule has 1 aromatic carbocycles. The molecular weight excluding hydrogens is 191 g/mol. The van der Waals surface area contributed by atoms with Gasteiger partial charge in [0.05, 0.1) is 6.61 Å². The van der Waals surface area contributed by atoms with Crippen molar-refractivity contribution < 1.29 is 9.50 Å². The lowest BCUT2D eigenvalue weighted by atomic mass is 9.85. The van der Waals surface area contributed by atoms with Crippen LogP contribution in [0.5, 0.6) is 0 Å². The molecule has 0 bridgehead atoms. The van der Waals surface area contributed by atoms with E-state index in [-0.39, 0.29) is 17.8 Å². The Kier molecular flexibility index (Phi) is 3.50. The van der Waals surface area contributed by atoms with Gasteiger partial charge in [0.1, 0.15) is 5.82 Å². The minimum Gasteiger partial charge on any atom is -0.395 e. The van der Waals surface area contributed by atoms with Crippen molar-refractivity contribution in [2.75, 3.05) is 6.61 Å². The van der Waals surface area contributed by atoms with Crippen molar-refractivity contribution in [3.05, 3.63) is 41.1 Å². The van der Waals surface area contributed by atoms with Crippen molar-refractivity contribution in [1.29, 1.82) is 0 Å². The van der Waals surface area contributed by atoms with E-state index in [2.05, 4.69) is 0 Å². The standard InChI is InChI=1S/C13H18FO/c1-9(8-15)10-5-6-11(12(14)7-10)13(2,3)4/h5-7,15H,8H2,1-4H3. The number of halogens is 1. The van der Waals surface area contributed by atoms with E-state index >= 15 is 0 Å². The molecule has 83 valence electrons. The molecule has 2 heteroatoms. The maximum absolute atomic E-state index is 13.7. The van der Waals surface area contributed by atoms with Crippen molar-refractivity contribution in [3.8, 4) is 0 Å². The topological polar surface area (TPSA) is 20.2 Å². The molecule has 0 aliphatic rings. The van der Waals surface area contributed by atoms with Gasteiger partial charge in [0.25, 0.3) is 0 Å². The molecule has 15 heavy (non-hydrogen) atoms.